The van der Waals surface area contributed by atoms with E-state index < -0.39 is 26.4 Å². The number of aromatic nitrogens is 1. The highest BCUT2D eigenvalue weighted by atomic mass is 79.9. The Hall–Kier alpha value is -2.12. The molecule has 0 aliphatic heterocycles. The van der Waals surface area contributed by atoms with Crippen LogP contribution in [0.1, 0.15) is 0 Å². The third-order valence-corrected chi connectivity index (χ3v) is 5.26. The summed E-state index contributed by atoms with van der Waals surface area (Å²) in [6.45, 7) is 0. The van der Waals surface area contributed by atoms with Crippen molar-refractivity contribution >= 4 is 25.8 Å². The molecule has 25 heavy (non-hydrogen) atoms. The zero-order valence-electron chi connectivity index (χ0n) is 13.0. The zero-order valence-corrected chi connectivity index (χ0v) is 15.4. The summed E-state index contributed by atoms with van der Waals surface area (Å²) in [6, 6.07) is 11.2. The number of benzene rings is 2. The minimum absolute atomic E-state index is 0.213. The van der Waals surface area contributed by atoms with Crippen LogP contribution in [0.4, 0.5) is 8.78 Å². The quantitative estimate of drug-likeness (QED) is 0.604. The molecule has 1 aromatic heterocycles. The predicted molar refractivity (Wildman–Crippen MR) is 95.8 cm³/mol. The number of hydrogen-bond acceptors (Lipinski definition) is 3. The Morgan fingerprint density at radius 3 is 2.24 bits per heavy atom. The molecule has 0 bridgehead atoms. The Morgan fingerprint density at radius 2 is 1.64 bits per heavy atom. The topological polar surface area (TPSA) is 47.0 Å². The second-order valence-corrected chi connectivity index (χ2v) is 8.34. The summed E-state index contributed by atoms with van der Waals surface area (Å²) in [5.41, 5.74) is 2.27. The Morgan fingerprint density at radius 1 is 0.960 bits per heavy atom. The van der Waals surface area contributed by atoms with Gasteiger partial charge in [-0.1, -0.05) is 28.1 Å². The number of pyridine rings is 1. The van der Waals surface area contributed by atoms with Crippen molar-refractivity contribution in [3.63, 3.8) is 0 Å². The molecule has 1 heterocycles. The van der Waals surface area contributed by atoms with Crippen molar-refractivity contribution in [1.29, 1.82) is 0 Å². The molecule has 3 rings (SSSR count). The molecule has 0 amide bonds. The first kappa shape index (κ1) is 17.7. The SMILES string of the molecule is CS(=O)(=O)c1c(F)cc(-c2cnccc2-c2cccc(Br)c2)cc1F. The van der Waals surface area contributed by atoms with Crippen molar-refractivity contribution < 1.29 is 17.2 Å². The molecule has 0 unspecified atom stereocenters. The monoisotopic (exact) mass is 423 g/mol. The molecule has 3 aromatic rings. The molecule has 0 saturated heterocycles. The highest BCUT2D eigenvalue weighted by Gasteiger charge is 2.21. The molecular formula is C18H12BrF2NO2S. The maximum atomic E-state index is 14.2. The van der Waals surface area contributed by atoms with E-state index in [-0.39, 0.29) is 5.56 Å². The Bertz CT molecular complexity index is 1050. The molecule has 7 heteroatoms. The smallest absolute Gasteiger partial charge is 0.181 e. The average Bonchev–Trinajstić information content (AvgIpc) is 2.53. The lowest BCUT2D eigenvalue weighted by atomic mass is 9.96. The van der Waals surface area contributed by atoms with Gasteiger partial charge in [0.05, 0.1) is 0 Å². The molecule has 0 atom stereocenters. The first-order valence-electron chi connectivity index (χ1n) is 7.17. The first-order valence-corrected chi connectivity index (χ1v) is 9.85. The highest BCUT2D eigenvalue weighted by Crippen LogP contribution is 2.34. The third-order valence-electron chi connectivity index (χ3n) is 3.64. The van der Waals surface area contributed by atoms with Crippen molar-refractivity contribution in [2.45, 2.75) is 4.90 Å². The van der Waals surface area contributed by atoms with Crippen LogP contribution in [0, 0.1) is 11.6 Å². The van der Waals surface area contributed by atoms with Gasteiger partial charge in [-0.3, -0.25) is 4.98 Å². The van der Waals surface area contributed by atoms with E-state index in [9.17, 15) is 17.2 Å². The van der Waals surface area contributed by atoms with Gasteiger partial charge in [-0.2, -0.15) is 0 Å². The Balaban J connectivity index is 2.22. The van der Waals surface area contributed by atoms with Crippen molar-refractivity contribution in [3.8, 4) is 22.3 Å². The van der Waals surface area contributed by atoms with Crippen LogP contribution in [0.15, 0.2) is 64.2 Å². The maximum Gasteiger partial charge on any atom is 0.181 e. The molecule has 0 spiro atoms. The molecule has 0 aliphatic rings. The van der Waals surface area contributed by atoms with E-state index in [4.69, 9.17) is 0 Å². The van der Waals surface area contributed by atoms with Crippen LogP contribution < -0.4 is 0 Å². The normalized spacial score (nSPS) is 11.5. The molecule has 0 N–H and O–H groups in total. The molecular weight excluding hydrogens is 412 g/mol. The van der Waals surface area contributed by atoms with Crippen molar-refractivity contribution in [2.24, 2.45) is 0 Å². The number of sulfone groups is 1. The van der Waals surface area contributed by atoms with Crippen molar-refractivity contribution in [3.05, 3.63) is 71.0 Å². The minimum Gasteiger partial charge on any atom is -0.264 e. The molecule has 2 aromatic carbocycles. The van der Waals surface area contributed by atoms with E-state index in [2.05, 4.69) is 20.9 Å². The number of nitrogens with zero attached hydrogens (tertiary/aromatic N) is 1. The van der Waals surface area contributed by atoms with Crippen LogP contribution in [0.2, 0.25) is 0 Å². The molecule has 128 valence electrons. The summed E-state index contributed by atoms with van der Waals surface area (Å²) < 4.78 is 52.4. The van der Waals surface area contributed by atoms with Crippen LogP contribution in [-0.4, -0.2) is 19.7 Å². The van der Waals surface area contributed by atoms with E-state index in [1.807, 2.05) is 24.3 Å². The van der Waals surface area contributed by atoms with E-state index in [0.29, 0.717) is 5.56 Å². The number of hydrogen-bond donors (Lipinski definition) is 0. The van der Waals surface area contributed by atoms with Gasteiger partial charge in [-0.05, 0) is 47.0 Å². The fourth-order valence-electron chi connectivity index (χ4n) is 2.60. The summed E-state index contributed by atoms with van der Waals surface area (Å²) in [7, 11) is -4.00. The van der Waals surface area contributed by atoms with Gasteiger partial charge < -0.3 is 0 Å². The minimum atomic E-state index is -4.00. The van der Waals surface area contributed by atoms with Gasteiger partial charge in [0.1, 0.15) is 16.5 Å². The van der Waals surface area contributed by atoms with Crippen LogP contribution in [-0.2, 0) is 9.84 Å². The summed E-state index contributed by atoms with van der Waals surface area (Å²) in [4.78, 5) is 3.10. The van der Waals surface area contributed by atoms with Gasteiger partial charge in [0.15, 0.2) is 9.84 Å². The Kier molecular flexibility index (Phi) is 4.71. The second kappa shape index (κ2) is 6.65. The highest BCUT2D eigenvalue weighted by molar-refractivity contribution is 9.10. The molecule has 0 aliphatic carbocycles. The molecule has 0 radical (unpaired) electrons. The van der Waals surface area contributed by atoms with Gasteiger partial charge in [0.2, 0.25) is 0 Å². The van der Waals surface area contributed by atoms with Gasteiger partial charge in [-0.25, -0.2) is 17.2 Å². The van der Waals surface area contributed by atoms with Crippen LogP contribution in [0.25, 0.3) is 22.3 Å². The lowest BCUT2D eigenvalue weighted by Gasteiger charge is -2.12. The van der Waals surface area contributed by atoms with Gasteiger partial charge in [0.25, 0.3) is 0 Å². The maximum absolute atomic E-state index is 14.2. The number of halogens is 3. The lowest BCUT2D eigenvalue weighted by molar-refractivity contribution is 0.522. The van der Waals surface area contributed by atoms with Gasteiger partial charge >= 0.3 is 0 Å². The van der Waals surface area contributed by atoms with Crippen molar-refractivity contribution in [1.82, 2.24) is 4.98 Å². The summed E-state index contributed by atoms with van der Waals surface area (Å²) >= 11 is 3.39. The van der Waals surface area contributed by atoms with E-state index in [1.54, 1.807) is 12.3 Å². The predicted octanol–water partition coefficient (Wildman–Crippen LogP) is 4.86. The Labute approximate surface area is 152 Å². The van der Waals surface area contributed by atoms with E-state index in [1.165, 1.54) is 6.20 Å². The van der Waals surface area contributed by atoms with Crippen molar-refractivity contribution in [2.75, 3.05) is 6.26 Å². The largest absolute Gasteiger partial charge is 0.264 e. The molecule has 0 fully saturated rings. The van der Waals surface area contributed by atoms with Crippen LogP contribution >= 0.6 is 15.9 Å². The second-order valence-electron chi connectivity index (χ2n) is 5.47. The molecule has 3 nitrogen and oxygen atoms in total. The fourth-order valence-corrected chi connectivity index (χ4v) is 3.83. The van der Waals surface area contributed by atoms with Crippen LogP contribution in [0.5, 0.6) is 0 Å². The van der Waals surface area contributed by atoms with E-state index in [0.717, 1.165) is 34.0 Å². The lowest BCUT2D eigenvalue weighted by Crippen LogP contribution is -2.05. The van der Waals surface area contributed by atoms with Crippen LogP contribution in [0.3, 0.4) is 0 Å². The zero-order chi connectivity index (χ0) is 18.2. The van der Waals surface area contributed by atoms with E-state index >= 15 is 0 Å². The molecule has 0 saturated carbocycles. The third kappa shape index (κ3) is 3.62. The first-order chi connectivity index (χ1) is 11.8. The summed E-state index contributed by atoms with van der Waals surface area (Å²) in [6.07, 6.45) is 3.84. The number of rotatable bonds is 3. The standard InChI is InChI=1S/C18H12BrF2NO2S/c1-25(23,24)18-16(20)8-12(9-17(18)21)15-10-22-6-5-14(15)11-3-2-4-13(19)7-11/h2-10H,1H3. The summed E-state index contributed by atoms with van der Waals surface area (Å²) in [5.74, 6) is -2.25. The van der Waals surface area contributed by atoms with Gasteiger partial charge in [-0.15, -0.1) is 0 Å². The average molecular weight is 424 g/mol. The van der Waals surface area contributed by atoms with Gasteiger partial charge in [0, 0.05) is 28.7 Å². The summed E-state index contributed by atoms with van der Waals surface area (Å²) in [5, 5.41) is 0. The fraction of sp³-hybridized carbons (Fsp3) is 0.0556.